The summed E-state index contributed by atoms with van der Waals surface area (Å²) in [4.78, 5) is 12.2. The van der Waals surface area contributed by atoms with E-state index in [1.165, 1.54) is 13.2 Å². The van der Waals surface area contributed by atoms with Crippen LogP contribution in [0.3, 0.4) is 0 Å². The molecule has 0 aliphatic heterocycles. The van der Waals surface area contributed by atoms with Gasteiger partial charge in [-0.25, -0.2) is 5.43 Å². The van der Waals surface area contributed by atoms with Crippen molar-refractivity contribution in [1.29, 1.82) is 0 Å². The molecule has 2 aromatic rings. The van der Waals surface area contributed by atoms with Crippen LogP contribution in [-0.4, -0.2) is 25.3 Å². The summed E-state index contributed by atoms with van der Waals surface area (Å²) in [6, 6.07) is 12.2. The number of carbonyl (C=O) groups is 1. The first kappa shape index (κ1) is 17.8. The first-order valence-corrected chi connectivity index (χ1v) is 7.81. The lowest BCUT2D eigenvalue weighted by Gasteiger charge is -2.09. The van der Waals surface area contributed by atoms with Crippen molar-refractivity contribution in [3.8, 4) is 11.5 Å². The molecule has 24 heavy (non-hydrogen) atoms. The Morgan fingerprint density at radius 2 is 1.92 bits per heavy atom. The van der Waals surface area contributed by atoms with Crippen molar-refractivity contribution in [2.45, 2.75) is 20.0 Å². The Kier molecular flexibility index (Phi) is 6.21. The van der Waals surface area contributed by atoms with Crippen LogP contribution in [0.4, 0.5) is 0 Å². The van der Waals surface area contributed by atoms with Gasteiger partial charge in [0.05, 0.1) is 25.0 Å². The molecule has 6 heteroatoms. The number of rotatable bonds is 6. The number of methoxy groups -OCH3 is 1. The Hall–Kier alpha value is -2.53. The lowest BCUT2D eigenvalue weighted by Crippen LogP contribution is -2.18. The van der Waals surface area contributed by atoms with Gasteiger partial charge in [0.25, 0.3) is 5.91 Å². The highest BCUT2D eigenvalue weighted by Gasteiger charge is 2.12. The van der Waals surface area contributed by atoms with E-state index in [1.54, 1.807) is 18.3 Å². The second kappa shape index (κ2) is 8.36. The van der Waals surface area contributed by atoms with Gasteiger partial charge < -0.3 is 9.47 Å². The maximum atomic E-state index is 12.2. The number of nitrogens with zero attached hydrogens (tertiary/aromatic N) is 1. The van der Waals surface area contributed by atoms with Gasteiger partial charge in [-0.15, -0.1) is 0 Å². The Bertz CT molecular complexity index is 728. The molecule has 0 atom stereocenters. The molecule has 126 valence electrons. The van der Waals surface area contributed by atoms with E-state index in [0.29, 0.717) is 16.3 Å². The molecule has 1 amide bonds. The van der Waals surface area contributed by atoms with E-state index in [-0.39, 0.29) is 6.10 Å². The maximum Gasteiger partial charge on any atom is 0.275 e. The van der Waals surface area contributed by atoms with Crippen LogP contribution in [0.1, 0.15) is 29.8 Å². The number of hydrogen-bond acceptors (Lipinski definition) is 4. The first-order chi connectivity index (χ1) is 11.5. The van der Waals surface area contributed by atoms with Crippen LogP contribution in [0.5, 0.6) is 11.5 Å². The molecule has 1 N–H and O–H groups in total. The second-order valence-electron chi connectivity index (χ2n) is 5.28. The number of carbonyl (C=O) groups excluding carboxylic acids is 1. The fourth-order valence-electron chi connectivity index (χ4n) is 1.99. The van der Waals surface area contributed by atoms with Crippen LogP contribution in [0.2, 0.25) is 5.02 Å². The molecule has 0 unspecified atom stereocenters. The number of hydrazone groups is 1. The fraction of sp³-hybridized carbons (Fsp3) is 0.222. The number of nitrogens with one attached hydrogen (secondary N) is 1. The van der Waals surface area contributed by atoms with Crippen molar-refractivity contribution in [3.63, 3.8) is 0 Å². The van der Waals surface area contributed by atoms with Gasteiger partial charge in [0, 0.05) is 5.02 Å². The SMILES string of the molecule is COc1ccc(Cl)cc1C(=O)NN=Cc1ccc(OC(C)C)cc1. The van der Waals surface area contributed by atoms with E-state index in [0.717, 1.165) is 11.3 Å². The Morgan fingerprint density at radius 1 is 1.21 bits per heavy atom. The van der Waals surface area contributed by atoms with Crippen molar-refractivity contribution in [1.82, 2.24) is 5.43 Å². The van der Waals surface area contributed by atoms with Crippen molar-refractivity contribution in [2.75, 3.05) is 7.11 Å². The molecule has 2 rings (SSSR count). The third-order valence-electron chi connectivity index (χ3n) is 3.04. The van der Waals surface area contributed by atoms with E-state index < -0.39 is 5.91 Å². The highest BCUT2D eigenvalue weighted by atomic mass is 35.5. The van der Waals surface area contributed by atoms with Crippen LogP contribution in [0.15, 0.2) is 47.6 Å². The van der Waals surface area contributed by atoms with Crippen molar-refractivity contribution >= 4 is 23.7 Å². The number of halogens is 1. The second-order valence-corrected chi connectivity index (χ2v) is 5.72. The average Bonchev–Trinajstić information content (AvgIpc) is 2.56. The summed E-state index contributed by atoms with van der Waals surface area (Å²) in [5.74, 6) is 0.822. The Labute approximate surface area is 146 Å². The van der Waals surface area contributed by atoms with Gasteiger partial charge in [0.2, 0.25) is 0 Å². The number of hydrogen-bond donors (Lipinski definition) is 1. The molecule has 0 aliphatic carbocycles. The molecule has 5 nitrogen and oxygen atoms in total. The summed E-state index contributed by atoms with van der Waals surface area (Å²) >= 11 is 5.91. The zero-order valence-electron chi connectivity index (χ0n) is 13.7. The highest BCUT2D eigenvalue weighted by molar-refractivity contribution is 6.31. The predicted molar refractivity (Wildman–Crippen MR) is 95.3 cm³/mol. The van der Waals surface area contributed by atoms with E-state index in [9.17, 15) is 4.79 Å². The molecule has 2 aromatic carbocycles. The van der Waals surface area contributed by atoms with Gasteiger partial charge in [-0.2, -0.15) is 5.10 Å². The van der Waals surface area contributed by atoms with Crippen LogP contribution in [0, 0.1) is 0 Å². The maximum absolute atomic E-state index is 12.2. The molecular formula is C18H19ClN2O3. The smallest absolute Gasteiger partial charge is 0.275 e. The minimum Gasteiger partial charge on any atom is -0.496 e. The highest BCUT2D eigenvalue weighted by Crippen LogP contribution is 2.22. The minimum absolute atomic E-state index is 0.122. The fourth-order valence-corrected chi connectivity index (χ4v) is 2.16. The Balaban J connectivity index is 2.01. The minimum atomic E-state index is -0.398. The standard InChI is InChI=1S/C18H19ClN2O3/c1-12(2)24-15-7-4-13(5-8-15)11-20-21-18(22)16-10-14(19)6-9-17(16)23-3/h4-12H,1-3H3,(H,21,22). The van der Waals surface area contributed by atoms with Crippen LogP contribution >= 0.6 is 11.6 Å². The molecule has 0 aromatic heterocycles. The van der Waals surface area contributed by atoms with Crippen molar-refractivity contribution in [2.24, 2.45) is 5.10 Å². The van der Waals surface area contributed by atoms with Crippen molar-refractivity contribution in [3.05, 3.63) is 58.6 Å². The monoisotopic (exact) mass is 346 g/mol. The predicted octanol–water partition coefficient (Wildman–Crippen LogP) is 3.90. The van der Waals surface area contributed by atoms with Gasteiger partial charge in [-0.1, -0.05) is 11.6 Å². The van der Waals surface area contributed by atoms with Crippen LogP contribution in [0.25, 0.3) is 0 Å². The molecule has 0 saturated carbocycles. The molecule has 0 radical (unpaired) electrons. The summed E-state index contributed by atoms with van der Waals surface area (Å²) in [5.41, 5.74) is 3.62. The van der Waals surface area contributed by atoms with Gasteiger partial charge in [-0.05, 0) is 61.9 Å². The summed E-state index contributed by atoms with van der Waals surface area (Å²) < 4.78 is 10.7. The molecule has 0 aliphatic rings. The average molecular weight is 347 g/mol. The molecule has 0 fully saturated rings. The molecular weight excluding hydrogens is 328 g/mol. The van der Waals surface area contributed by atoms with Crippen molar-refractivity contribution < 1.29 is 14.3 Å². The van der Waals surface area contributed by atoms with Gasteiger partial charge in [0.15, 0.2) is 0 Å². The Morgan fingerprint density at radius 3 is 2.54 bits per heavy atom. The third-order valence-corrected chi connectivity index (χ3v) is 3.27. The zero-order valence-corrected chi connectivity index (χ0v) is 14.5. The zero-order chi connectivity index (χ0) is 17.5. The molecule has 0 heterocycles. The first-order valence-electron chi connectivity index (χ1n) is 7.43. The number of ether oxygens (including phenoxy) is 2. The largest absolute Gasteiger partial charge is 0.496 e. The molecule has 0 bridgehead atoms. The third kappa shape index (κ3) is 4.99. The lowest BCUT2D eigenvalue weighted by atomic mass is 10.2. The molecule has 0 saturated heterocycles. The summed E-state index contributed by atoms with van der Waals surface area (Å²) in [5, 5.41) is 4.40. The van der Waals surface area contributed by atoms with Gasteiger partial charge in [-0.3, -0.25) is 4.79 Å². The van der Waals surface area contributed by atoms with Crippen LogP contribution < -0.4 is 14.9 Å². The summed E-state index contributed by atoms with van der Waals surface area (Å²) in [6.07, 6.45) is 1.67. The van der Waals surface area contributed by atoms with Crippen LogP contribution in [-0.2, 0) is 0 Å². The summed E-state index contributed by atoms with van der Waals surface area (Å²) in [6.45, 7) is 3.93. The van der Waals surface area contributed by atoms with E-state index >= 15 is 0 Å². The summed E-state index contributed by atoms with van der Waals surface area (Å²) in [7, 11) is 1.49. The molecule has 0 spiro atoms. The quantitative estimate of drug-likeness (QED) is 0.637. The topological polar surface area (TPSA) is 59.9 Å². The number of benzene rings is 2. The van der Waals surface area contributed by atoms with E-state index in [2.05, 4.69) is 10.5 Å². The van der Waals surface area contributed by atoms with Gasteiger partial charge in [0.1, 0.15) is 11.5 Å². The van der Waals surface area contributed by atoms with E-state index in [4.69, 9.17) is 21.1 Å². The lowest BCUT2D eigenvalue weighted by molar-refractivity contribution is 0.0952. The normalized spacial score (nSPS) is 10.9. The van der Waals surface area contributed by atoms with Gasteiger partial charge >= 0.3 is 0 Å². The van der Waals surface area contributed by atoms with E-state index in [1.807, 2.05) is 38.1 Å². The number of amides is 1.